The number of fused-ring (bicyclic) bond motifs is 1. The minimum absolute atomic E-state index is 0.215. The molecule has 150 valence electrons. The number of anilines is 1. The molecule has 0 aliphatic rings. The Kier molecular flexibility index (Phi) is 6.56. The zero-order chi connectivity index (χ0) is 20.8. The minimum atomic E-state index is -0.215. The van der Waals surface area contributed by atoms with Crippen LogP contribution in [0, 0.1) is 0 Å². The molecule has 2 amide bonds. The van der Waals surface area contributed by atoms with E-state index in [4.69, 9.17) is 9.47 Å². The first kappa shape index (κ1) is 20.5. The van der Waals surface area contributed by atoms with Crippen molar-refractivity contribution < 1.29 is 14.3 Å². The molecule has 0 aliphatic carbocycles. The average Bonchev–Trinajstić information content (AvgIpc) is 2.75. The molecule has 3 rings (SSSR count). The Morgan fingerprint density at radius 3 is 2.38 bits per heavy atom. The van der Waals surface area contributed by atoms with Crippen molar-refractivity contribution in [3.05, 3.63) is 59.9 Å². The van der Waals surface area contributed by atoms with E-state index in [0.717, 1.165) is 22.0 Å². The van der Waals surface area contributed by atoms with Gasteiger partial charge in [0.25, 0.3) is 0 Å². The second-order valence-electron chi connectivity index (χ2n) is 6.67. The van der Waals surface area contributed by atoms with Crippen molar-refractivity contribution in [3.8, 4) is 11.5 Å². The lowest BCUT2D eigenvalue weighted by Crippen LogP contribution is -2.31. The van der Waals surface area contributed by atoms with Crippen molar-refractivity contribution >= 4 is 30.5 Å². The van der Waals surface area contributed by atoms with Crippen molar-refractivity contribution in [1.82, 2.24) is 15.1 Å². The van der Waals surface area contributed by atoms with Gasteiger partial charge in [0.1, 0.15) is 0 Å². The van der Waals surface area contributed by atoms with Gasteiger partial charge in [-0.1, -0.05) is 30.3 Å². The molecular formula is C21H25BN4O3. The lowest BCUT2D eigenvalue weighted by Gasteiger charge is -2.20. The van der Waals surface area contributed by atoms with E-state index in [1.54, 1.807) is 32.4 Å². The lowest BCUT2D eigenvalue weighted by molar-refractivity contribution is 0.220. The number of nitrogens with one attached hydrogen (secondary N) is 2. The first-order chi connectivity index (χ1) is 14.1. The van der Waals surface area contributed by atoms with Crippen LogP contribution in [0.1, 0.15) is 11.3 Å². The molecule has 0 atom stereocenters. The molecule has 0 aliphatic heterocycles. The number of carbonyl (C=O) groups excluding carboxylic acids is 1. The van der Waals surface area contributed by atoms with Gasteiger partial charge in [0.15, 0.2) is 19.5 Å². The van der Waals surface area contributed by atoms with Crippen LogP contribution in [0.2, 0.25) is 0 Å². The van der Waals surface area contributed by atoms with Crippen LogP contribution in [0.4, 0.5) is 10.5 Å². The number of nitrogens with zero attached hydrogens (tertiary/aromatic N) is 2. The van der Waals surface area contributed by atoms with E-state index in [2.05, 4.69) is 15.5 Å². The standard InChI is InChI=1S/C21H25BN4O3/c1-26(13-14-7-5-4-6-8-14)21(27)25-18-11-23-17(12-24-22)15-9-19(28-2)20(29-3)10-16(15)18/h4-11,24H,12-13,22H2,1-3H3,(H,25,27). The summed E-state index contributed by atoms with van der Waals surface area (Å²) in [5.41, 5.74) is 2.54. The molecule has 29 heavy (non-hydrogen) atoms. The fraction of sp³-hybridized carbons (Fsp3) is 0.238. The van der Waals surface area contributed by atoms with Gasteiger partial charge in [0, 0.05) is 30.9 Å². The number of ether oxygens (including phenoxy) is 2. The van der Waals surface area contributed by atoms with Gasteiger partial charge in [-0.2, -0.15) is 0 Å². The summed E-state index contributed by atoms with van der Waals surface area (Å²) in [5.74, 6) is 1.21. The molecule has 8 heteroatoms. The Morgan fingerprint density at radius 2 is 1.76 bits per heavy atom. The number of amides is 2. The molecule has 0 fully saturated rings. The summed E-state index contributed by atoms with van der Waals surface area (Å²) in [5, 5.41) is 7.82. The maximum atomic E-state index is 12.8. The third-order valence-electron chi connectivity index (χ3n) is 4.67. The van der Waals surface area contributed by atoms with E-state index in [1.807, 2.05) is 50.4 Å². The summed E-state index contributed by atoms with van der Waals surface area (Å²) in [4.78, 5) is 18.9. The number of benzene rings is 2. The highest BCUT2D eigenvalue weighted by atomic mass is 16.5. The van der Waals surface area contributed by atoms with E-state index in [-0.39, 0.29) is 6.03 Å². The molecule has 0 unspecified atom stereocenters. The smallest absolute Gasteiger partial charge is 0.321 e. The molecule has 0 radical (unpaired) electrons. The van der Waals surface area contributed by atoms with Gasteiger partial charge in [0.05, 0.1) is 31.8 Å². The van der Waals surface area contributed by atoms with Gasteiger partial charge in [-0.25, -0.2) is 4.79 Å². The van der Waals surface area contributed by atoms with E-state index < -0.39 is 0 Å². The summed E-state index contributed by atoms with van der Waals surface area (Å²) >= 11 is 0. The number of urea groups is 1. The average molecular weight is 392 g/mol. The molecule has 1 aromatic heterocycles. The fourth-order valence-electron chi connectivity index (χ4n) is 3.17. The van der Waals surface area contributed by atoms with Crippen LogP contribution in [0.25, 0.3) is 10.8 Å². The third kappa shape index (κ3) is 4.60. The zero-order valence-electron chi connectivity index (χ0n) is 17.2. The number of hydrogen-bond acceptors (Lipinski definition) is 5. The molecule has 2 aromatic carbocycles. The molecule has 7 nitrogen and oxygen atoms in total. The monoisotopic (exact) mass is 392 g/mol. The second kappa shape index (κ2) is 9.29. The summed E-state index contributed by atoms with van der Waals surface area (Å²) in [6, 6.07) is 13.4. The first-order valence-corrected chi connectivity index (χ1v) is 9.31. The summed E-state index contributed by atoms with van der Waals surface area (Å²) in [7, 11) is 6.81. The molecule has 0 saturated heterocycles. The fourth-order valence-corrected chi connectivity index (χ4v) is 3.17. The van der Waals surface area contributed by atoms with Crippen LogP contribution in [0.15, 0.2) is 48.7 Å². The molecule has 1 heterocycles. The topological polar surface area (TPSA) is 75.7 Å². The molecular weight excluding hydrogens is 367 g/mol. The molecule has 0 spiro atoms. The number of pyridine rings is 1. The largest absolute Gasteiger partial charge is 0.493 e. The number of carbonyl (C=O) groups is 1. The van der Waals surface area contributed by atoms with Gasteiger partial charge in [0.2, 0.25) is 0 Å². The maximum absolute atomic E-state index is 12.8. The van der Waals surface area contributed by atoms with E-state index >= 15 is 0 Å². The SMILES string of the molecule is BNCc1ncc(NC(=O)N(C)Cc2ccccc2)c2cc(OC)c(OC)cc12. The predicted molar refractivity (Wildman–Crippen MR) is 117 cm³/mol. The van der Waals surface area contributed by atoms with Crippen LogP contribution >= 0.6 is 0 Å². The molecule has 3 aromatic rings. The third-order valence-corrected chi connectivity index (χ3v) is 4.67. The van der Waals surface area contributed by atoms with Crippen molar-refractivity contribution in [2.45, 2.75) is 13.1 Å². The quantitative estimate of drug-likeness (QED) is 0.605. The van der Waals surface area contributed by atoms with Crippen molar-refractivity contribution in [3.63, 3.8) is 0 Å². The highest BCUT2D eigenvalue weighted by Crippen LogP contribution is 2.36. The van der Waals surface area contributed by atoms with E-state index in [9.17, 15) is 4.79 Å². The molecule has 0 saturated carbocycles. The molecule has 0 bridgehead atoms. The number of rotatable bonds is 7. The lowest BCUT2D eigenvalue weighted by atomic mass is 10.1. The highest BCUT2D eigenvalue weighted by molar-refractivity contribution is 6.05. The van der Waals surface area contributed by atoms with Crippen LogP contribution < -0.4 is 20.0 Å². The van der Waals surface area contributed by atoms with Gasteiger partial charge in [-0.3, -0.25) is 4.98 Å². The normalized spacial score (nSPS) is 10.6. The Bertz CT molecular complexity index is 998. The van der Waals surface area contributed by atoms with E-state index in [1.165, 1.54) is 0 Å². The van der Waals surface area contributed by atoms with Crippen molar-refractivity contribution in [2.24, 2.45) is 0 Å². The second-order valence-corrected chi connectivity index (χ2v) is 6.67. The van der Waals surface area contributed by atoms with Crippen molar-refractivity contribution in [1.29, 1.82) is 0 Å². The first-order valence-electron chi connectivity index (χ1n) is 9.31. The number of aromatic nitrogens is 1. The number of methoxy groups -OCH3 is 2. The van der Waals surface area contributed by atoms with Gasteiger partial charge >= 0.3 is 6.03 Å². The summed E-state index contributed by atoms with van der Waals surface area (Å²) < 4.78 is 10.9. The Hall–Kier alpha value is -3.26. The zero-order valence-corrected chi connectivity index (χ0v) is 17.2. The van der Waals surface area contributed by atoms with Crippen molar-refractivity contribution in [2.75, 3.05) is 26.6 Å². The minimum Gasteiger partial charge on any atom is -0.493 e. The molecule has 2 N–H and O–H groups in total. The Balaban J connectivity index is 1.93. The van der Waals surface area contributed by atoms with Crippen LogP contribution in [-0.2, 0) is 13.1 Å². The Morgan fingerprint density at radius 1 is 1.10 bits per heavy atom. The van der Waals surface area contributed by atoms with Crippen LogP contribution in [-0.4, -0.2) is 45.2 Å². The van der Waals surface area contributed by atoms with Crippen LogP contribution in [0.3, 0.4) is 0 Å². The number of hydrogen-bond donors (Lipinski definition) is 2. The van der Waals surface area contributed by atoms with Gasteiger partial charge < -0.3 is 24.9 Å². The summed E-state index contributed by atoms with van der Waals surface area (Å²) in [6.07, 6.45) is 1.68. The van der Waals surface area contributed by atoms with Crippen LogP contribution in [0.5, 0.6) is 11.5 Å². The van der Waals surface area contributed by atoms with E-state index in [0.29, 0.717) is 30.3 Å². The highest BCUT2D eigenvalue weighted by Gasteiger charge is 2.16. The Labute approximate surface area is 171 Å². The van der Waals surface area contributed by atoms with Gasteiger partial charge in [-0.15, -0.1) is 0 Å². The predicted octanol–water partition coefficient (Wildman–Crippen LogP) is 2.55. The maximum Gasteiger partial charge on any atom is 0.321 e. The summed E-state index contributed by atoms with van der Waals surface area (Å²) in [6.45, 7) is 1.10. The van der Waals surface area contributed by atoms with Gasteiger partial charge in [-0.05, 0) is 17.7 Å².